The van der Waals surface area contributed by atoms with Crippen molar-refractivity contribution in [3.05, 3.63) is 11.3 Å². The van der Waals surface area contributed by atoms with Gasteiger partial charge in [-0.05, 0) is 20.3 Å². The second kappa shape index (κ2) is 5.02. The summed E-state index contributed by atoms with van der Waals surface area (Å²) in [4.78, 5) is 6.84. The highest BCUT2D eigenvalue weighted by atomic mass is 16.6. The zero-order valence-corrected chi connectivity index (χ0v) is 12.5. The number of amidine groups is 1. The third-order valence-corrected chi connectivity index (χ3v) is 4.75. The van der Waals surface area contributed by atoms with E-state index >= 15 is 0 Å². The molecule has 0 spiro atoms. The molecule has 0 bridgehead atoms. The molecule has 3 aliphatic rings. The maximum absolute atomic E-state index is 6.18. The predicted octanol–water partition coefficient (Wildman–Crippen LogP) is 0.685. The third kappa shape index (κ3) is 1.86. The molecule has 5 unspecified atom stereocenters. The maximum Gasteiger partial charge on any atom is 0.137 e. The fourth-order valence-electron chi connectivity index (χ4n) is 3.64. The molecule has 0 saturated carbocycles. The molecule has 20 heavy (non-hydrogen) atoms. The van der Waals surface area contributed by atoms with Gasteiger partial charge in [-0.3, -0.25) is 0 Å². The Kier molecular flexibility index (Phi) is 3.48. The van der Waals surface area contributed by atoms with E-state index in [1.54, 1.807) is 14.2 Å². The quantitative estimate of drug-likeness (QED) is 0.824. The molecule has 3 aliphatic heterocycles. The monoisotopic (exact) mass is 281 g/mol. The lowest BCUT2D eigenvalue weighted by molar-refractivity contribution is -0.0821. The Morgan fingerprint density at radius 3 is 2.80 bits per heavy atom. The van der Waals surface area contributed by atoms with Crippen LogP contribution >= 0.6 is 0 Å². The summed E-state index contributed by atoms with van der Waals surface area (Å²) >= 11 is 0. The summed E-state index contributed by atoms with van der Waals surface area (Å²) in [6, 6.07) is 0. The van der Waals surface area contributed by atoms with E-state index in [4.69, 9.17) is 19.9 Å². The highest BCUT2D eigenvalue weighted by Crippen LogP contribution is 2.45. The van der Waals surface area contributed by atoms with Crippen LogP contribution in [0, 0.1) is 5.92 Å². The second-order valence-electron chi connectivity index (χ2n) is 5.73. The standard InChI is InChI=1S/C14H23N3O3/c1-7-8(2)17-11(16-13(7)15)5-9-12(19-4)10(6-18-3)20-14(9)17/h9-12,14H,5-6H2,1-4H3,(H2,15,16). The lowest BCUT2D eigenvalue weighted by Gasteiger charge is -2.34. The van der Waals surface area contributed by atoms with Gasteiger partial charge in [0.05, 0.1) is 12.7 Å². The van der Waals surface area contributed by atoms with Gasteiger partial charge in [-0.2, -0.15) is 0 Å². The topological polar surface area (TPSA) is 69.3 Å². The molecule has 0 aliphatic carbocycles. The Morgan fingerprint density at radius 1 is 1.40 bits per heavy atom. The van der Waals surface area contributed by atoms with Crippen molar-refractivity contribution in [3.63, 3.8) is 0 Å². The molecule has 2 saturated heterocycles. The molecular formula is C14H23N3O3. The van der Waals surface area contributed by atoms with Crippen molar-refractivity contribution in [3.8, 4) is 0 Å². The molecule has 0 aromatic rings. The maximum atomic E-state index is 6.18. The van der Waals surface area contributed by atoms with Crippen LogP contribution in [0.3, 0.4) is 0 Å². The number of nitrogens with zero attached hydrogens (tertiary/aromatic N) is 2. The molecule has 0 amide bonds. The van der Waals surface area contributed by atoms with Crippen molar-refractivity contribution in [2.45, 2.75) is 44.9 Å². The first-order valence-corrected chi connectivity index (χ1v) is 7.05. The summed E-state index contributed by atoms with van der Waals surface area (Å²) < 4.78 is 17.1. The molecule has 2 fully saturated rings. The summed E-state index contributed by atoms with van der Waals surface area (Å²) in [5.41, 5.74) is 8.18. The smallest absolute Gasteiger partial charge is 0.137 e. The highest BCUT2D eigenvalue weighted by Gasteiger charge is 2.55. The largest absolute Gasteiger partial charge is 0.384 e. The number of aliphatic imine (C=N–C) groups is 1. The number of hydrogen-bond acceptors (Lipinski definition) is 6. The van der Waals surface area contributed by atoms with E-state index in [1.807, 2.05) is 6.92 Å². The number of fused-ring (bicyclic) bond motifs is 3. The molecule has 0 aromatic heterocycles. The molecule has 112 valence electrons. The summed E-state index contributed by atoms with van der Waals surface area (Å²) in [5, 5.41) is 0. The summed E-state index contributed by atoms with van der Waals surface area (Å²) in [6.45, 7) is 4.64. The minimum atomic E-state index is -0.0164. The van der Waals surface area contributed by atoms with Crippen LogP contribution in [0.2, 0.25) is 0 Å². The summed E-state index contributed by atoms with van der Waals surface area (Å²) in [7, 11) is 3.43. The van der Waals surface area contributed by atoms with Crippen LogP contribution in [0.1, 0.15) is 20.3 Å². The number of allylic oxidation sites excluding steroid dienone is 1. The Hall–Kier alpha value is -1.11. The second-order valence-corrected chi connectivity index (χ2v) is 5.73. The zero-order chi connectivity index (χ0) is 14.4. The number of rotatable bonds is 3. The first-order chi connectivity index (χ1) is 9.58. The molecule has 5 atom stereocenters. The van der Waals surface area contributed by atoms with Crippen molar-refractivity contribution in [1.82, 2.24) is 4.90 Å². The van der Waals surface area contributed by atoms with Gasteiger partial charge in [0.1, 0.15) is 24.3 Å². The van der Waals surface area contributed by atoms with Gasteiger partial charge in [0, 0.05) is 31.4 Å². The summed E-state index contributed by atoms with van der Waals surface area (Å²) in [5.74, 6) is 0.952. The number of methoxy groups -OCH3 is 2. The lowest BCUT2D eigenvalue weighted by Crippen LogP contribution is -2.41. The SMILES string of the molecule is COCC1OC2C(CC3N=C(N)C(C)=C(C)N32)C1OC. The molecule has 0 radical (unpaired) electrons. The van der Waals surface area contributed by atoms with E-state index in [0.29, 0.717) is 18.4 Å². The molecule has 6 heteroatoms. The van der Waals surface area contributed by atoms with Gasteiger partial charge in [-0.1, -0.05) is 0 Å². The van der Waals surface area contributed by atoms with Gasteiger partial charge in [0.15, 0.2) is 0 Å². The Bertz CT molecular complexity index is 463. The first kappa shape index (κ1) is 13.9. The van der Waals surface area contributed by atoms with Gasteiger partial charge in [0.2, 0.25) is 0 Å². The van der Waals surface area contributed by atoms with E-state index in [0.717, 1.165) is 17.7 Å². The van der Waals surface area contributed by atoms with E-state index in [-0.39, 0.29) is 24.6 Å². The van der Waals surface area contributed by atoms with Gasteiger partial charge in [-0.25, -0.2) is 4.99 Å². The normalized spacial score (nSPS) is 39.9. The number of hydrogen-bond donors (Lipinski definition) is 1. The molecule has 3 heterocycles. The van der Waals surface area contributed by atoms with Crippen LogP contribution in [0.5, 0.6) is 0 Å². The average Bonchev–Trinajstić information content (AvgIpc) is 2.91. The van der Waals surface area contributed by atoms with Crippen LogP contribution in [0.25, 0.3) is 0 Å². The van der Waals surface area contributed by atoms with E-state index < -0.39 is 0 Å². The predicted molar refractivity (Wildman–Crippen MR) is 75.1 cm³/mol. The van der Waals surface area contributed by atoms with Crippen molar-refractivity contribution >= 4 is 5.84 Å². The fourth-order valence-corrected chi connectivity index (χ4v) is 3.64. The van der Waals surface area contributed by atoms with Crippen molar-refractivity contribution in [2.24, 2.45) is 16.6 Å². The van der Waals surface area contributed by atoms with Gasteiger partial charge < -0.3 is 24.8 Å². The molecule has 2 N–H and O–H groups in total. The van der Waals surface area contributed by atoms with Crippen LogP contribution in [-0.4, -0.2) is 56.2 Å². The molecule has 0 aromatic carbocycles. The van der Waals surface area contributed by atoms with Gasteiger partial charge in [0.25, 0.3) is 0 Å². The minimum Gasteiger partial charge on any atom is -0.384 e. The lowest BCUT2D eigenvalue weighted by atomic mass is 9.98. The zero-order valence-electron chi connectivity index (χ0n) is 12.5. The molecule has 3 rings (SSSR count). The van der Waals surface area contributed by atoms with E-state index in [9.17, 15) is 0 Å². The number of ether oxygens (including phenoxy) is 3. The number of nitrogens with two attached hydrogens (primary N) is 1. The summed E-state index contributed by atoms with van der Waals surface area (Å²) in [6.07, 6.45) is 1.04. The van der Waals surface area contributed by atoms with E-state index in [2.05, 4.69) is 16.8 Å². The fraction of sp³-hybridized carbons (Fsp3) is 0.786. The molecular weight excluding hydrogens is 258 g/mol. The van der Waals surface area contributed by atoms with E-state index in [1.165, 1.54) is 0 Å². The minimum absolute atomic E-state index is 0.0110. The van der Waals surface area contributed by atoms with Crippen molar-refractivity contribution < 1.29 is 14.2 Å². The van der Waals surface area contributed by atoms with Crippen LogP contribution in [0.4, 0.5) is 0 Å². The first-order valence-electron chi connectivity index (χ1n) is 7.05. The van der Waals surface area contributed by atoms with Crippen LogP contribution < -0.4 is 5.73 Å². The van der Waals surface area contributed by atoms with Crippen molar-refractivity contribution in [1.29, 1.82) is 0 Å². The van der Waals surface area contributed by atoms with Crippen LogP contribution in [-0.2, 0) is 14.2 Å². The Morgan fingerprint density at radius 2 is 2.15 bits per heavy atom. The molecule has 6 nitrogen and oxygen atoms in total. The van der Waals surface area contributed by atoms with Gasteiger partial charge >= 0.3 is 0 Å². The highest BCUT2D eigenvalue weighted by molar-refractivity contribution is 5.97. The van der Waals surface area contributed by atoms with Gasteiger partial charge in [-0.15, -0.1) is 0 Å². The Labute approximate surface area is 119 Å². The van der Waals surface area contributed by atoms with Crippen molar-refractivity contribution in [2.75, 3.05) is 20.8 Å². The van der Waals surface area contributed by atoms with Crippen LogP contribution in [0.15, 0.2) is 16.3 Å². The average molecular weight is 281 g/mol. The Balaban J connectivity index is 1.88. The third-order valence-electron chi connectivity index (χ3n) is 4.75.